The van der Waals surface area contributed by atoms with Crippen molar-refractivity contribution in [3.63, 3.8) is 0 Å². The van der Waals surface area contributed by atoms with Crippen LogP contribution in [0.4, 0.5) is 5.69 Å². The number of amides is 1. The molecule has 5 nitrogen and oxygen atoms in total. The van der Waals surface area contributed by atoms with Gasteiger partial charge >= 0.3 is 0 Å². The largest absolute Gasteiger partial charge is 0.308 e. The van der Waals surface area contributed by atoms with Crippen molar-refractivity contribution in [2.24, 2.45) is 5.92 Å². The summed E-state index contributed by atoms with van der Waals surface area (Å²) in [7, 11) is 0. The molecule has 0 radical (unpaired) electrons. The van der Waals surface area contributed by atoms with E-state index in [1.54, 1.807) is 28.2 Å². The van der Waals surface area contributed by atoms with Crippen molar-refractivity contribution in [3.8, 4) is 5.69 Å². The Morgan fingerprint density at radius 1 is 1.40 bits per heavy atom. The molecule has 2 aromatic heterocycles. The zero-order valence-electron chi connectivity index (χ0n) is 15.0. The van der Waals surface area contributed by atoms with Gasteiger partial charge in [-0.25, -0.2) is 4.68 Å². The van der Waals surface area contributed by atoms with Gasteiger partial charge in [0, 0.05) is 24.9 Å². The minimum Gasteiger partial charge on any atom is -0.308 e. The van der Waals surface area contributed by atoms with E-state index in [0.29, 0.717) is 29.7 Å². The second-order valence-corrected chi connectivity index (χ2v) is 7.73. The smallest absolute Gasteiger partial charge is 0.227 e. The maximum absolute atomic E-state index is 12.6. The van der Waals surface area contributed by atoms with Gasteiger partial charge in [0.1, 0.15) is 5.69 Å². The number of nitrogens with zero attached hydrogens (tertiary/aromatic N) is 4. The van der Waals surface area contributed by atoms with Crippen LogP contribution in [0.3, 0.4) is 0 Å². The molecule has 0 spiro atoms. The Bertz CT molecular complexity index is 675. The summed E-state index contributed by atoms with van der Waals surface area (Å²) in [6.07, 6.45) is 6.88. The van der Waals surface area contributed by atoms with E-state index in [4.69, 9.17) is 11.6 Å². The molecule has 25 heavy (non-hydrogen) atoms. The molecule has 0 fully saturated rings. The molecule has 0 saturated carbocycles. The fraction of sp³-hybridized carbons (Fsp3) is 0.500. The molecule has 2 heterocycles. The van der Waals surface area contributed by atoms with E-state index in [1.807, 2.05) is 30.8 Å². The molecule has 0 atom stereocenters. The molecule has 0 aliphatic rings. The highest BCUT2D eigenvalue weighted by Crippen LogP contribution is 2.26. The Labute approximate surface area is 158 Å². The lowest BCUT2D eigenvalue weighted by molar-refractivity contribution is -0.118. The van der Waals surface area contributed by atoms with Gasteiger partial charge in [0.25, 0.3) is 0 Å². The molecule has 7 heteroatoms. The summed E-state index contributed by atoms with van der Waals surface area (Å²) in [5.41, 5.74) is 1.45. The molecule has 0 aromatic carbocycles. The van der Waals surface area contributed by atoms with E-state index in [9.17, 15) is 4.79 Å². The van der Waals surface area contributed by atoms with Crippen molar-refractivity contribution in [1.82, 2.24) is 14.8 Å². The average molecular weight is 381 g/mol. The Morgan fingerprint density at radius 3 is 2.84 bits per heavy atom. The van der Waals surface area contributed by atoms with Crippen molar-refractivity contribution >= 4 is 35.0 Å². The summed E-state index contributed by atoms with van der Waals surface area (Å²) in [6.45, 7) is 6.94. The first kappa shape index (κ1) is 19.8. The van der Waals surface area contributed by atoms with E-state index < -0.39 is 0 Å². The SMILES string of the molecule is CCN(C(=O)CCSCCC(C)C)c1cn(-c2cccnc2)nc1Cl. The lowest BCUT2D eigenvalue weighted by atomic mass is 10.2. The van der Waals surface area contributed by atoms with E-state index in [2.05, 4.69) is 23.9 Å². The van der Waals surface area contributed by atoms with Gasteiger partial charge in [0.15, 0.2) is 5.15 Å². The normalized spacial score (nSPS) is 11.1. The minimum absolute atomic E-state index is 0.0761. The number of carbonyl (C=O) groups excluding carboxylic acids is 1. The van der Waals surface area contributed by atoms with Gasteiger partial charge in [0.2, 0.25) is 5.91 Å². The molecule has 2 rings (SSSR count). The highest BCUT2D eigenvalue weighted by Gasteiger charge is 2.20. The molecule has 0 aliphatic heterocycles. The Morgan fingerprint density at radius 2 is 2.20 bits per heavy atom. The molecule has 2 aromatic rings. The predicted octanol–water partition coefficient (Wildman–Crippen LogP) is 4.44. The molecule has 136 valence electrons. The first-order valence-electron chi connectivity index (χ1n) is 8.56. The molecule has 0 unspecified atom stereocenters. The number of hydrogen-bond donors (Lipinski definition) is 0. The highest BCUT2D eigenvalue weighted by atomic mass is 35.5. The fourth-order valence-electron chi connectivity index (χ4n) is 2.34. The summed E-state index contributed by atoms with van der Waals surface area (Å²) in [6, 6.07) is 3.73. The maximum Gasteiger partial charge on any atom is 0.227 e. The van der Waals surface area contributed by atoms with Crippen LogP contribution in [0, 0.1) is 5.92 Å². The molecule has 0 bridgehead atoms. The fourth-order valence-corrected chi connectivity index (χ4v) is 3.74. The number of hydrogen-bond acceptors (Lipinski definition) is 4. The summed E-state index contributed by atoms with van der Waals surface area (Å²) >= 11 is 8.11. The maximum atomic E-state index is 12.6. The van der Waals surface area contributed by atoms with Crippen LogP contribution in [0.25, 0.3) is 5.69 Å². The first-order valence-corrected chi connectivity index (χ1v) is 10.1. The first-order chi connectivity index (χ1) is 12.0. The molecule has 0 saturated heterocycles. The van der Waals surface area contributed by atoms with Gasteiger partial charge in [-0.1, -0.05) is 25.4 Å². The Hall–Kier alpha value is -1.53. The van der Waals surface area contributed by atoms with Gasteiger partial charge in [-0.2, -0.15) is 16.9 Å². The standard InChI is InChI=1S/C18H25ClN4OS/c1-4-22(17(24)8-11-25-10-7-14(2)3)16-13-23(21-18(16)19)15-6-5-9-20-12-15/h5-6,9,12-14H,4,7-8,10-11H2,1-3H3. The van der Waals surface area contributed by atoms with Crippen LogP contribution < -0.4 is 4.90 Å². The Balaban J connectivity index is 2.00. The zero-order chi connectivity index (χ0) is 18.2. The van der Waals surface area contributed by atoms with Crippen LogP contribution in [-0.4, -0.2) is 38.7 Å². The summed E-state index contributed by atoms with van der Waals surface area (Å²) in [4.78, 5) is 18.4. The van der Waals surface area contributed by atoms with Gasteiger partial charge in [-0.15, -0.1) is 0 Å². The van der Waals surface area contributed by atoms with E-state index in [-0.39, 0.29) is 5.91 Å². The molecular formula is C18H25ClN4OS. The quantitative estimate of drug-likeness (QED) is 0.603. The van der Waals surface area contributed by atoms with Gasteiger partial charge in [-0.3, -0.25) is 9.78 Å². The van der Waals surface area contributed by atoms with Gasteiger partial charge < -0.3 is 4.90 Å². The van der Waals surface area contributed by atoms with Crippen LogP contribution in [-0.2, 0) is 4.79 Å². The summed E-state index contributed by atoms with van der Waals surface area (Å²) in [5, 5.41) is 4.63. The van der Waals surface area contributed by atoms with Gasteiger partial charge in [0.05, 0.1) is 18.1 Å². The molecular weight excluding hydrogens is 356 g/mol. The number of thioether (sulfide) groups is 1. The lowest BCUT2D eigenvalue weighted by Gasteiger charge is -2.19. The third kappa shape index (κ3) is 5.75. The molecule has 0 aliphatic carbocycles. The third-order valence-electron chi connectivity index (χ3n) is 3.77. The van der Waals surface area contributed by atoms with Gasteiger partial charge in [-0.05, 0) is 37.1 Å². The van der Waals surface area contributed by atoms with Crippen LogP contribution in [0.2, 0.25) is 5.15 Å². The number of pyridine rings is 1. The number of aromatic nitrogens is 3. The van der Waals surface area contributed by atoms with E-state index in [0.717, 1.165) is 17.2 Å². The summed E-state index contributed by atoms with van der Waals surface area (Å²) < 4.78 is 1.65. The minimum atomic E-state index is 0.0761. The number of rotatable bonds is 9. The van der Waals surface area contributed by atoms with E-state index in [1.165, 1.54) is 6.42 Å². The number of carbonyl (C=O) groups is 1. The van der Waals surface area contributed by atoms with Crippen molar-refractivity contribution in [2.75, 3.05) is 23.0 Å². The predicted molar refractivity (Wildman–Crippen MR) is 106 cm³/mol. The second kappa shape index (κ2) is 9.82. The average Bonchev–Trinajstić information content (AvgIpc) is 2.97. The van der Waals surface area contributed by atoms with Crippen LogP contribution in [0.15, 0.2) is 30.7 Å². The highest BCUT2D eigenvalue weighted by molar-refractivity contribution is 7.99. The van der Waals surface area contributed by atoms with Crippen molar-refractivity contribution in [1.29, 1.82) is 0 Å². The van der Waals surface area contributed by atoms with Crippen molar-refractivity contribution < 1.29 is 4.79 Å². The number of anilines is 1. The Kier molecular flexibility index (Phi) is 7.78. The molecule has 1 amide bonds. The third-order valence-corrected chi connectivity index (χ3v) is 5.06. The van der Waals surface area contributed by atoms with Crippen LogP contribution >= 0.6 is 23.4 Å². The van der Waals surface area contributed by atoms with E-state index >= 15 is 0 Å². The summed E-state index contributed by atoms with van der Waals surface area (Å²) in [5.74, 6) is 2.70. The van der Waals surface area contributed by atoms with Crippen molar-refractivity contribution in [3.05, 3.63) is 35.9 Å². The lowest BCUT2D eigenvalue weighted by Crippen LogP contribution is -2.30. The van der Waals surface area contributed by atoms with Crippen molar-refractivity contribution in [2.45, 2.75) is 33.6 Å². The number of halogens is 1. The van der Waals surface area contributed by atoms with Crippen LogP contribution in [0.5, 0.6) is 0 Å². The van der Waals surface area contributed by atoms with Crippen LogP contribution in [0.1, 0.15) is 33.6 Å². The topological polar surface area (TPSA) is 51.0 Å². The molecule has 0 N–H and O–H groups in total. The second-order valence-electron chi connectivity index (χ2n) is 6.14. The zero-order valence-corrected chi connectivity index (χ0v) is 16.6. The monoisotopic (exact) mass is 380 g/mol.